The van der Waals surface area contributed by atoms with Gasteiger partial charge in [0.15, 0.2) is 0 Å². The van der Waals surface area contributed by atoms with Crippen molar-refractivity contribution in [2.45, 2.75) is 58.8 Å². The van der Waals surface area contributed by atoms with Crippen LogP contribution in [0.4, 0.5) is 20.4 Å². The normalized spacial score (nSPS) is 12.5. The number of thiophene rings is 1. The molecular formula is C21H29F2N5O2S. The number of nitrogens with one attached hydrogen (secondary N) is 1. The number of halogens is 2. The molecule has 31 heavy (non-hydrogen) atoms. The van der Waals surface area contributed by atoms with E-state index in [9.17, 15) is 13.6 Å². The third kappa shape index (κ3) is 7.71. The number of hydrogen-bond donors (Lipinski definition) is 2. The van der Waals surface area contributed by atoms with E-state index < -0.39 is 12.3 Å². The highest BCUT2D eigenvalue weighted by molar-refractivity contribution is 7.08. The molecule has 0 aliphatic heterocycles. The molecule has 1 amide bonds. The number of rotatable bonds is 3. The number of nitrogens with two attached hydrogens (primary N) is 1. The molecule has 1 aliphatic rings. The Morgan fingerprint density at radius 2 is 1.71 bits per heavy atom. The second-order valence-corrected chi connectivity index (χ2v) is 7.03. The Balaban J connectivity index is 0.000000404. The summed E-state index contributed by atoms with van der Waals surface area (Å²) in [4.78, 5) is 24.0. The van der Waals surface area contributed by atoms with Crippen molar-refractivity contribution in [2.75, 3.05) is 11.1 Å². The minimum absolute atomic E-state index is 0.0107. The van der Waals surface area contributed by atoms with E-state index in [0.29, 0.717) is 5.52 Å². The predicted octanol–water partition coefficient (Wildman–Crippen LogP) is 5.74. The monoisotopic (exact) mass is 453 g/mol. The number of carbonyl (C=O) groups is 2. The number of anilines is 2. The number of amides is 1. The topological polar surface area (TPSA) is 102 Å². The summed E-state index contributed by atoms with van der Waals surface area (Å²) in [5, 5.41) is 9.13. The van der Waals surface area contributed by atoms with Gasteiger partial charge in [0.25, 0.3) is 12.3 Å². The van der Waals surface area contributed by atoms with Crippen molar-refractivity contribution in [1.29, 1.82) is 0 Å². The predicted molar refractivity (Wildman–Crippen MR) is 121 cm³/mol. The van der Waals surface area contributed by atoms with E-state index in [1.54, 1.807) is 6.07 Å². The summed E-state index contributed by atoms with van der Waals surface area (Å²) < 4.78 is 26.9. The number of nitrogens with zero attached hydrogens (tertiary/aromatic N) is 3. The molecule has 0 atom stereocenters. The van der Waals surface area contributed by atoms with Crippen LogP contribution in [0.1, 0.15) is 74.8 Å². The molecule has 10 heteroatoms. The van der Waals surface area contributed by atoms with Crippen molar-refractivity contribution in [3.8, 4) is 0 Å². The molecule has 0 spiro atoms. The fourth-order valence-corrected chi connectivity index (χ4v) is 3.69. The van der Waals surface area contributed by atoms with Crippen LogP contribution < -0.4 is 11.1 Å². The number of fused-ring (bicyclic) bond motifs is 1. The van der Waals surface area contributed by atoms with Gasteiger partial charge < -0.3 is 15.8 Å². The molecule has 1 saturated carbocycles. The first-order chi connectivity index (χ1) is 15.1. The van der Waals surface area contributed by atoms with Gasteiger partial charge in [-0.2, -0.15) is 0 Å². The highest BCUT2D eigenvalue weighted by Crippen LogP contribution is 2.30. The third-order valence-electron chi connectivity index (χ3n) is 4.32. The first-order valence-electron chi connectivity index (χ1n) is 10.1. The van der Waals surface area contributed by atoms with Crippen LogP contribution in [0, 0.1) is 0 Å². The molecule has 0 saturated heterocycles. The van der Waals surface area contributed by atoms with E-state index in [2.05, 4.69) is 15.4 Å². The zero-order chi connectivity index (χ0) is 23.2. The molecule has 3 aromatic heterocycles. The summed E-state index contributed by atoms with van der Waals surface area (Å²) in [5.74, 6) is -0.537. The van der Waals surface area contributed by atoms with Crippen LogP contribution in [0.2, 0.25) is 0 Å². The van der Waals surface area contributed by atoms with Crippen LogP contribution in [0.3, 0.4) is 0 Å². The maximum atomic E-state index is 12.8. The average molecular weight is 454 g/mol. The smallest absolute Gasteiger partial charge is 0.274 e. The van der Waals surface area contributed by atoms with Gasteiger partial charge in [0.1, 0.15) is 12.5 Å². The molecule has 3 N–H and O–H groups in total. The molecule has 3 heterocycles. The molecule has 0 bridgehead atoms. The van der Waals surface area contributed by atoms with E-state index in [-0.39, 0.29) is 22.9 Å². The van der Waals surface area contributed by atoms with Gasteiger partial charge in [-0.1, -0.05) is 52.4 Å². The van der Waals surface area contributed by atoms with Crippen LogP contribution in [0.25, 0.3) is 5.52 Å². The third-order valence-corrected chi connectivity index (χ3v) is 5.09. The summed E-state index contributed by atoms with van der Waals surface area (Å²) in [6, 6.07) is 3.16. The Labute approximate surface area is 184 Å². The van der Waals surface area contributed by atoms with E-state index in [1.807, 2.05) is 20.6 Å². The molecule has 7 nitrogen and oxygen atoms in total. The fraction of sp³-hybridized carbons (Fsp3) is 0.429. The highest BCUT2D eigenvalue weighted by atomic mass is 32.1. The van der Waals surface area contributed by atoms with Gasteiger partial charge in [-0.15, -0.1) is 16.4 Å². The first kappa shape index (κ1) is 26.2. The minimum Gasteiger partial charge on any atom is -0.367 e. The van der Waals surface area contributed by atoms with E-state index in [4.69, 9.17) is 10.5 Å². The lowest BCUT2D eigenvalue weighted by Gasteiger charge is -2.06. The molecule has 4 rings (SSSR count). The van der Waals surface area contributed by atoms with Crippen molar-refractivity contribution < 1.29 is 18.4 Å². The Bertz CT molecular complexity index is 914. The Morgan fingerprint density at radius 1 is 1.13 bits per heavy atom. The number of carbonyl (C=O) groups excluding carboxylic acids is 2. The Kier molecular flexibility index (Phi) is 12.0. The van der Waals surface area contributed by atoms with Gasteiger partial charge in [0.2, 0.25) is 5.95 Å². The summed E-state index contributed by atoms with van der Waals surface area (Å²) in [6.07, 6.45) is 7.82. The van der Waals surface area contributed by atoms with Crippen LogP contribution in [0.15, 0.2) is 29.1 Å². The largest absolute Gasteiger partial charge is 0.367 e. The van der Waals surface area contributed by atoms with Gasteiger partial charge >= 0.3 is 0 Å². The van der Waals surface area contributed by atoms with Crippen molar-refractivity contribution in [2.24, 2.45) is 0 Å². The zero-order valence-corrected chi connectivity index (χ0v) is 18.6. The first-order valence-corrected chi connectivity index (χ1v) is 11.1. The van der Waals surface area contributed by atoms with Crippen molar-refractivity contribution in [3.63, 3.8) is 0 Å². The van der Waals surface area contributed by atoms with E-state index >= 15 is 0 Å². The van der Waals surface area contributed by atoms with Gasteiger partial charge in [-0.25, -0.2) is 18.3 Å². The van der Waals surface area contributed by atoms with Gasteiger partial charge in [0.05, 0.1) is 23.0 Å². The van der Waals surface area contributed by atoms with Crippen LogP contribution in [-0.4, -0.2) is 27.3 Å². The lowest BCUT2D eigenvalue weighted by molar-refractivity contribution is -0.0980. The standard InChI is InChI=1S/C12H9F2N5OS.C6H12.C2H6.CH2O/c13-10(14)7-4-21-5-8(7)17-11(20)9-2-1-6-3-16-12(15)18-19(6)9;1-2-4-6-5-3-1;2*1-2/h1-5,10H,(H2,15,18)(H,17,20);1-6H2;1-2H3;1H2. The SMILES string of the molecule is C1CCCCC1.C=O.CC.Nc1ncc2ccc(C(=O)Nc3cscc3C(F)F)n2n1. The average Bonchev–Trinajstić information content (AvgIpc) is 3.45. The molecule has 0 unspecified atom stereocenters. The van der Waals surface area contributed by atoms with Crippen molar-refractivity contribution >= 4 is 41.2 Å². The van der Waals surface area contributed by atoms with Crippen LogP contribution in [-0.2, 0) is 4.79 Å². The molecule has 1 aliphatic carbocycles. The highest BCUT2D eigenvalue weighted by Gasteiger charge is 2.18. The minimum atomic E-state index is -2.64. The van der Waals surface area contributed by atoms with Gasteiger partial charge in [-0.3, -0.25) is 4.79 Å². The van der Waals surface area contributed by atoms with Gasteiger partial charge in [-0.05, 0) is 12.1 Å². The number of hydrogen-bond acceptors (Lipinski definition) is 6. The molecule has 0 aromatic carbocycles. The lowest BCUT2D eigenvalue weighted by Crippen LogP contribution is -2.16. The van der Waals surface area contributed by atoms with Gasteiger partial charge in [0, 0.05) is 10.8 Å². The molecule has 170 valence electrons. The van der Waals surface area contributed by atoms with E-state index in [0.717, 1.165) is 11.3 Å². The second-order valence-electron chi connectivity index (χ2n) is 6.29. The Morgan fingerprint density at radius 3 is 2.26 bits per heavy atom. The molecule has 3 aromatic rings. The number of alkyl halides is 2. The van der Waals surface area contributed by atoms with Crippen LogP contribution in [0.5, 0.6) is 0 Å². The molecule has 1 fully saturated rings. The summed E-state index contributed by atoms with van der Waals surface area (Å²) in [7, 11) is 0. The number of aromatic nitrogens is 3. The summed E-state index contributed by atoms with van der Waals surface area (Å²) in [6.45, 7) is 6.00. The van der Waals surface area contributed by atoms with Crippen molar-refractivity contribution in [1.82, 2.24) is 14.6 Å². The fourth-order valence-electron chi connectivity index (χ4n) is 2.91. The Hall–Kier alpha value is -2.88. The zero-order valence-electron chi connectivity index (χ0n) is 17.8. The lowest BCUT2D eigenvalue weighted by atomic mass is 10.0. The quantitative estimate of drug-likeness (QED) is 0.526. The maximum absolute atomic E-state index is 12.8. The summed E-state index contributed by atoms with van der Waals surface area (Å²) in [5.41, 5.74) is 6.13. The maximum Gasteiger partial charge on any atom is 0.274 e. The molecular weight excluding hydrogens is 424 g/mol. The molecule has 0 radical (unpaired) electrons. The van der Waals surface area contributed by atoms with E-state index in [1.165, 1.54) is 66.1 Å². The summed E-state index contributed by atoms with van der Waals surface area (Å²) >= 11 is 1.09. The van der Waals surface area contributed by atoms with Crippen LogP contribution >= 0.6 is 11.3 Å². The second kappa shape index (κ2) is 14.2. The van der Waals surface area contributed by atoms with Crippen molar-refractivity contribution in [3.05, 3.63) is 40.3 Å². The number of nitrogen functional groups attached to an aromatic ring is 1.